The van der Waals surface area contributed by atoms with Crippen LogP contribution in [0.4, 0.5) is 5.69 Å². The number of nitro groups is 1. The van der Waals surface area contributed by atoms with Crippen LogP contribution < -0.4 is 14.9 Å². The minimum absolute atomic E-state index is 0.0974. The lowest BCUT2D eigenvalue weighted by atomic mass is 10.2. The molecule has 27 heavy (non-hydrogen) atoms. The molecular formula is C18H17N3O6. The minimum atomic E-state index is -0.708. The van der Waals surface area contributed by atoms with Crippen LogP contribution in [-0.2, 0) is 4.79 Å². The predicted molar refractivity (Wildman–Crippen MR) is 97.1 cm³/mol. The molecule has 0 atom stereocenters. The SMILES string of the molecule is CCOc1cc(/C=N\NC(=O)c2ccccc2[N+](=O)[O-])ccc1OC(C)=O. The van der Waals surface area contributed by atoms with E-state index in [1.165, 1.54) is 43.5 Å². The van der Waals surface area contributed by atoms with Gasteiger partial charge < -0.3 is 9.47 Å². The molecule has 0 saturated heterocycles. The predicted octanol–water partition coefficient (Wildman–Crippen LogP) is 2.68. The van der Waals surface area contributed by atoms with Gasteiger partial charge in [0.2, 0.25) is 0 Å². The summed E-state index contributed by atoms with van der Waals surface area (Å²) in [7, 11) is 0. The number of rotatable bonds is 7. The average molecular weight is 371 g/mol. The van der Waals surface area contributed by atoms with Gasteiger partial charge in [0, 0.05) is 13.0 Å². The zero-order valence-electron chi connectivity index (χ0n) is 14.7. The molecule has 0 aliphatic heterocycles. The first-order valence-corrected chi connectivity index (χ1v) is 7.94. The topological polar surface area (TPSA) is 120 Å². The Morgan fingerprint density at radius 1 is 1.22 bits per heavy atom. The number of nitrogens with one attached hydrogen (secondary N) is 1. The second-order valence-electron chi connectivity index (χ2n) is 5.21. The van der Waals surface area contributed by atoms with Gasteiger partial charge in [-0.1, -0.05) is 12.1 Å². The summed E-state index contributed by atoms with van der Waals surface area (Å²) in [5, 5.41) is 14.8. The first kappa shape index (κ1) is 19.6. The van der Waals surface area contributed by atoms with Crippen LogP contribution in [0.3, 0.4) is 0 Å². The molecule has 0 radical (unpaired) electrons. The number of carbonyl (C=O) groups excluding carboxylic acids is 2. The van der Waals surface area contributed by atoms with E-state index in [9.17, 15) is 19.7 Å². The Morgan fingerprint density at radius 3 is 2.63 bits per heavy atom. The van der Waals surface area contributed by atoms with E-state index in [1.54, 1.807) is 19.1 Å². The highest BCUT2D eigenvalue weighted by molar-refractivity contribution is 5.98. The second-order valence-corrected chi connectivity index (χ2v) is 5.21. The standard InChI is InChI=1S/C18H17N3O6/c1-3-26-17-10-13(8-9-16(17)27-12(2)22)11-19-20-18(23)14-6-4-5-7-15(14)21(24)25/h4-11H,3H2,1-2H3,(H,20,23)/b19-11-. The number of hydrogen-bond donors (Lipinski definition) is 1. The van der Waals surface area contributed by atoms with Crippen molar-refractivity contribution in [3.05, 3.63) is 63.7 Å². The molecule has 0 heterocycles. The highest BCUT2D eigenvalue weighted by atomic mass is 16.6. The normalized spacial score (nSPS) is 10.4. The molecule has 0 aliphatic carbocycles. The number of nitro benzene ring substituents is 1. The van der Waals surface area contributed by atoms with E-state index >= 15 is 0 Å². The highest BCUT2D eigenvalue weighted by Crippen LogP contribution is 2.28. The molecule has 0 saturated carbocycles. The fraction of sp³-hybridized carbons (Fsp3) is 0.167. The summed E-state index contributed by atoms with van der Waals surface area (Å²) in [5.41, 5.74) is 2.40. The number of para-hydroxylation sites is 1. The van der Waals surface area contributed by atoms with Crippen molar-refractivity contribution in [1.82, 2.24) is 5.43 Å². The zero-order valence-corrected chi connectivity index (χ0v) is 14.7. The third-order valence-corrected chi connectivity index (χ3v) is 3.25. The monoisotopic (exact) mass is 371 g/mol. The van der Waals surface area contributed by atoms with Gasteiger partial charge in [-0.3, -0.25) is 19.7 Å². The highest BCUT2D eigenvalue weighted by Gasteiger charge is 2.18. The van der Waals surface area contributed by atoms with E-state index < -0.39 is 16.8 Å². The average Bonchev–Trinajstić information content (AvgIpc) is 2.63. The van der Waals surface area contributed by atoms with Crippen molar-refractivity contribution in [2.75, 3.05) is 6.61 Å². The van der Waals surface area contributed by atoms with Crippen LogP contribution in [0, 0.1) is 10.1 Å². The molecule has 0 fully saturated rings. The fourth-order valence-electron chi connectivity index (χ4n) is 2.16. The van der Waals surface area contributed by atoms with E-state index in [1.807, 2.05) is 0 Å². The quantitative estimate of drug-likeness (QED) is 0.263. The maximum absolute atomic E-state index is 12.1. The Balaban J connectivity index is 2.14. The maximum Gasteiger partial charge on any atom is 0.308 e. The molecule has 140 valence electrons. The van der Waals surface area contributed by atoms with Crippen LogP contribution in [0.1, 0.15) is 29.8 Å². The van der Waals surface area contributed by atoms with Gasteiger partial charge in [0.1, 0.15) is 5.56 Å². The Labute approximate surface area is 154 Å². The lowest BCUT2D eigenvalue weighted by Gasteiger charge is -2.10. The van der Waals surface area contributed by atoms with Gasteiger partial charge in [0.25, 0.3) is 11.6 Å². The smallest absolute Gasteiger partial charge is 0.308 e. The lowest BCUT2D eigenvalue weighted by Crippen LogP contribution is -2.18. The molecular weight excluding hydrogens is 354 g/mol. The molecule has 1 amide bonds. The molecule has 9 nitrogen and oxygen atoms in total. The number of hydrazone groups is 1. The molecule has 9 heteroatoms. The van der Waals surface area contributed by atoms with Crippen molar-refractivity contribution < 1.29 is 24.0 Å². The molecule has 0 aliphatic rings. The molecule has 0 bridgehead atoms. The molecule has 2 rings (SSSR count). The number of hydrogen-bond acceptors (Lipinski definition) is 7. The molecule has 0 unspecified atom stereocenters. The van der Waals surface area contributed by atoms with Crippen LogP contribution in [-0.4, -0.2) is 29.6 Å². The summed E-state index contributed by atoms with van der Waals surface area (Å²) >= 11 is 0. The van der Waals surface area contributed by atoms with Gasteiger partial charge in [-0.15, -0.1) is 0 Å². The number of ether oxygens (including phenoxy) is 2. The van der Waals surface area contributed by atoms with Crippen LogP contribution >= 0.6 is 0 Å². The minimum Gasteiger partial charge on any atom is -0.490 e. The van der Waals surface area contributed by atoms with Crippen molar-refractivity contribution in [2.24, 2.45) is 5.10 Å². The first-order valence-electron chi connectivity index (χ1n) is 7.94. The van der Waals surface area contributed by atoms with Gasteiger partial charge in [0.15, 0.2) is 11.5 Å². The van der Waals surface area contributed by atoms with E-state index in [0.717, 1.165) is 0 Å². The van der Waals surface area contributed by atoms with Gasteiger partial charge in [-0.2, -0.15) is 5.10 Å². The van der Waals surface area contributed by atoms with Crippen molar-refractivity contribution >= 4 is 23.8 Å². The number of nitrogens with zero attached hydrogens (tertiary/aromatic N) is 2. The fourth-order valence-corrected chi connectivity index (χ4v) is 2.16. The Hall–Kier alpha value is -3.75. The van der Waals surface area contributed by atoms with Gasteiger partial charge >= 0.3 is 5.97 Å². The number of esters is 1. The lowest BCUT2D eigenvalue weighted by molar-refractivity contribution is -0.385. The molecule has 0 aromatic heterocycles. The van der Waals surface area contributed by atoms with E-state index in [-0.39, 0.29) is 17.0 Å². The number of amides is 1. The third-order valence-electron chi connectivity index (χ3n) is 3.25. The van der Waals surface area contributed by atoms with Crippen molar-refractivity contribution in [3.8, 4) is 11.5 Å². The Bertz CT molecular complexity index is 894. The molecule has 0 spiro atoms. The zero-order chi connectivity index (χ0) is 19.8. The largest absolute Gasteiger partial charge is 0.490 e. The first-order chi connectivity index (χ1) is 12.9. The number of carbonyl (C=O) groups is 2. The molecule has 1 N–H and O–H groups in total. The van der Waals surface area contributed by atoms with Crippen LogP contribution in [0.15, 0.2) is 47.6 Å². The van der Waals surface area contributed by atoms with Gasteiger partial charge in [0.05, 0.1) is 17.7 Å². The Kier molecular flexibility index (Phi) is 6.59. The summed E-state index contributed by atoms with van der Waals surface area (Å²) in [6, 6.07) is 10.3. The van der Waals surface area contributed by atoms with E-state index in [4.69, 9.17) is 9.47 Å². The maximum atomic E-state index is 12.1. The van der Waals surface area contributed by atoms with Gasteiger partial charge in [-0.25, -0.2) is 5.43 Å². The second kappa shape index (κ2) is 9.09. The van der Waals surface area contributed by atoms with Crippen LogP contribution in [0.5, 0.6) is 11.5 Å². The van der Waals surface area contributed by atoms with Gasteiger partial charge in [-0.05, 0) is 36.8 Å². The molecule has 2 aromatic carbocycles. The van der Waals surface area contributed by atoms with Crippen molar-refractivity contribution in [3.63, 3.8) is 0 Å². The van der Waals surface area contributed by atoms with E-state index in [0.29, 0.717) is 17.9 Å². The third kappa shape index (κ3) is 5.36. The van der Waals surface area contributed by atoms with Crippen LogP contribution in [0.25, 0.3) is 0 Å². The van der Waals surface area contributed by atoms with Crippen LogP contribution in [0.2, 0.25) is 0 Å². The van der Waals surface area contributed by atoms with E-state index in [2.05, 4.69) is 10.5 Å². The van der Waals surface area contributed by atoms with Crippen molar-refractivity contribution in [1.29, 1.82) is 0 Å². The summed E-state index contributed by atoms with van der Waals surface area (Å²) in [6.45, 7) is 3.43. The number of benzene rings is 2. The van der Waals surface area contributed by atoms with Crippen molar-refractivity contribution in [2.45, 2.75) is 13.8 Å². The summed E-state index contributed by atoms with van der Waals surface area (Å²) < 4.78 is 10.5. The molecule has 2 aromatic rings. The Morgan fingerprint density at radius 2 is 1.96 bits per heavy atom. The summed E-state index contributed by atoms with van der Waals surface area (Å²) in [6.07, 6.45) is 1.34. The summed E-state index contributed by atoms with van der Waals surface area (Å²) in [5.74, 6) is -0.568. The summed E-state index contributed by atoms with van der Waals surface area (Å²) in [4.78, 5) is 33.5.